The number of carbonyl (C=O) groups is 2. The van der Waals surface area contributed by atoms with Gasteiger partial charge < -0.3 is 9.67 Å². The highest BCUT2D eigenvalue weighted by Crippen LogP contribution is 2.53. The van der Waals surface area contributed by atoms with E-state index in [-0.39, 0.29) is 30.3 Å². The maximum atomic E-state index is 14.2. The molecule has 0 spiro atoms. The number of para-hydroxylation sites is 3. The molecule has 0 bridgehead atoms. The molecule has 0 saturated heterocycles. The van der Waals surface area contributed by atoms with Gasteiger partial charge in [0.05, 0.1) is 29.2 Å². The summed E-state index contributed by atoms with van der Waals surface area (Å²) in [5.41, 5.74) is 11.8. The second-order valence-corrected chi connectivity index (χ2v) is 18.3. The summed E-state index contributed by atoms with van der Waals surface area (Å²) in [4.78, 5) is 35.0. The van der Waals surface area contributed by atoms with Crippen LogP contribution in [0.2, 0.25) is 0 Å². The highest BCUT2D eigenvalue weighted by Gasteiger charge is 2.42. The predicted molar refractivity (Wildman–Crippen MR) is 252 cm³/mol. The van der Waals surface area contributed by atoms with Crippen LogP contribution in [-0.2, 0) is 18.4 Å². The Kier molecular flexibility index (Phi) is 6.37. The standard InChI is InChI=1S/C57H37N3O3/c1-59-46-10-6-5-9-45(46)58-55(59)42-24-21-31-33-14-16-35-37-18-20-39-41-23-26-44-54-43(56(62)60(57(44)63)29-7-3-2-4-8-29)25-22-40(53(41)54)38-19-17-36(51(37)52(38)39)34-15-13-32(49(33)50(34)35)30-12-11-28(27-61)47(42)48(30)31/h2-14,16-23,25,34,42,44,61H,15,24,26-27H2,1H3. The minimum Gasteiger partial charge on any atom is -0.392 e. The number of amides is 2. The van der Waals surface area contributed by atoms with Gasteiger partial charge in [-0.05, 0) is 158 Å². The molecule has 2 amide bonds. The van der Waals surface area contributed by atoms with E-state index in [9.17, 15) is 14.7 Å². The monoisotopic (exact) mass is 811 g/mol. The minimum atomic E-state index is -0.413. The van der Waals surface area contributed by atoms with E-state index in [1.165, 1.54) is 86.2 Å². The van der Waals surface area contributed by atoms with E-state index in [2.05, 4.69) is 103 Å². The van der Waals surface area contributed by atoms with Crippen LogP contribution in [0.25, 0.3) is 94.3 Å². The highest BCUT2D eigenvalue weighted by atomic mass is 16.3. The molecular weight excluding hydrogens is 775 g/mol. The van der Waals surface area contributed by atoms with Crippen LogP contribution in [0.15, 0.2) is 115 Å². The van der Waals surface area contributed by atoms with Crippen LogP contribution >= 0.6 is 0 Å². The molecule has 6 heteroatoms. The zero-order valence-electron chi connectivity index (χ0n) is 34.4. The van der Waals surface area contributed by atoms with Crippen LogP contribution in [0.3, 0.4) is 0 Å². The van der Waals surface area contributed by atoms with Gasteiger partial charge in [0.25, 0.3) is 5.91 Å². The molecule has 1 N–H and O–H groups in total. The molecule has 4 aliphatic carbocycles. The van der Waals surface area contributed by atoms with Crippen molar-refractivity contribution in [3.8, 4) is 11.1 Å². The number of hydrogen-bond donors (Lipinski definition) is 1. The van der Waals surface area contributed by atoms with Gasteiger partial charge >= 0.3 is 0 Å². The fourth-order valence-corrected chi connectivity index (χ4v) is 13.1. The summed E-state index contributed by atoms with van der Waals surface area (Å²) in [6.07, 6.45) is 9.43. The van der Waals surface area contributed by atoms with E-state index in [0.717, 1.165) is 56.8 Å². The smallest absolute Gasteiger partial charge is 0.265 e. The first-order chi connectivity index (χ1) is 31.0. The maximum absolute atomic E-state index is 14.2. The summed E-state index contributed by atoms with van der Waals surface area (Å²) >= 11 is 0. The summed E-state index contributed by atoms with van der Waals surface area (Å²) < 4.78 is 2.24. The number of imide groups is 1. The molecule has 1 aromatic heterocycles. The number of benzene rings is 9. The van der Waals surface area contributed by atoms with Crippen molar-refractivity contribution >= 4 is 101 Å². The van der Waals surface area contributed by atoms with E-state index in [1.54, 1.807) is 0 Å². The number of rotatable bonds is 3. The lowest BCUT2D eigenvalue weighted by Gasteiger charge is -2.36. The van der Waals surface area contributed by atoms with Gasteiger partial charge in [-0.25, -0.2) is 9.88 Å². The lowest BCUT2D eigenvalue weighted by molar-refractivity contribution is -0.119. The molecule has 9 aromatic carbocycles. The molecule has 0 saturated carbocycles. The summed E-state index contributed by atoms with van der Waals surface area (Å²) in [6.45, 7) is -0.0210. The largest absolute Gasteiger partial charge is 0.392 e. The zero-order valence-corrected chi connectivity index (χ0v) is 34.4. The molecule has 298 valence electrons. The van der Waals surface area contributed by atoms with Gasteiger partial charge in [0, 0.05) is 24.4 Å². The van der Waals surface area contributed by atoms with Gasteiger partial charge in [0.1, 0.15) is 5.82 Å². The number of carbonyl (C=O) groups excluding carboxylic acids is 2. The molecule has 0 radical (unpaired) electrons. The van der Waals surface area contributed by atoms with Gasteiger partial charge in [-0.15, -0.1) is 0 Å². The van der Waals surface area contributed by atoms with Gasteiger partial charge in [-0.3, -0.25) is 9.59 Å². The van der Waals surface area contributed by atoms with Gasteiger partial charge in [0.2, 0.25) is 5.91 Å². The van der Waals surface area contributed by atoms with Crippen LogP contribution in [0.5, 0.6) is 0 Å². The molecule has 1 aliphatic heterocycles. The third-order valence-electron chi connectivity index (χ3n) is 15.6. The molecular formula is C57H37N3O3. The van der Waals surface area contributed by atoms with Crippen LogP contribution < -0.4 is 20.6 Å². The van der Waals surface area contributed by atoms with Crippen LogP contribution in [-0.4, -0.2) is 26.5 Å². The van der Waals surface area contributed by atoms with Crippen molar-refractivity contribution in [2.24, 2.45) is 7.05 Å². The summed E-state index contributed by atoms with van der Waals surface area (Å²) in [6, 6.07) is 40.2. The van der Waals surface area contributed by atoms with Gasteiger partial charge in [0.15, 0.2) is 0 Å². The van der Waals surface area contributed by atoms with E-state index in [1.807, 2.05) is 42.5 Å². The third kappa shape index (κ3) is 4.03. The average molecular weight is 812 g/mol. The zero-order chi connectivity index (χ0) is 41.6. The maximum Gasteiger partial charge on any atom is 0.265 e. The summed E-state index contributed by atoms with van der Waals surface area (Å²) in [5, 5.41) is 26.8. The number of nitrogens with zero attached hydrogens (tertiary/aromatic N) is 3. The number of aliphatic hydroxyl groups is 1. The van der Waals surface area contributed by atoms with Crippen LogP contribution in [0.4, 0.5) is 5.69 Å². The Labute approximate surface area is 360 Å². The van der Waals surface area contributed by atoms with Crippen molar-refractivity contribution in [1.82, 2.24) is 9.55 Å². The normalized spacial score (nSPS) is 19.1. The van der Waals surface area contributed by atoms with Crippen LogP contribution in [0, 0.1) is 0 Å². The molecule has 6 nitrogen and oxygen atoms in total. The van der Waals surface area contributed by atoms with Crippen LogP contribution in [0.1, 0.15) is 81.0 Å². The Hall–Kier alpha value is -7.41. The van der Waals surface area contributed by atoms with Crippen molar-refractivity contribution in [1.29, 1.82) is 0 Å². The first-order valence-corrected chi connectivity index (χ1v) is 22.2. The Balaban J connectivity index is 0.963. The minimum absolute atomic E-state index is 0.0210. The Morgan fingerprint density at radius 2 is 1.14 bits per heavy atom. The Morgan fingerprint density at radius 3 is 1.92 bits per heavy atom. The highest BCUT2D eigenvalue weighted by molar-refractivity contribution is 6.32. The van der Waals surface area contributed by atoms with Gasteiger partial charge in [-0.1, -0.05) is 103 Å². The molecule has 15 rings (SSSR count). The summed E-state index contributed by atoms with van der Waals surface area (Å²) in [7, 11) is 2.12. The fourth-order valence-electron chi connectivity index (χ4n) is 13.1. The quantitative estimate of drug-likeness (QED) is 0.110. The molecule has 3 atom stereocenters. The van der Waals surface area contributed by atoms with Gasteiger partial charge in [-0.2, -0.15) is 0 Å². The molecule has 0 fully saturated rings. The van der Waals surface area contributed by atoms with Crippen molar-refractivity contribution in [2.45, 2.75) is 43.6 Å². The van der Waals surface area contributed by atoms with E-state index >= 15 is 0 Å². The Bertz CT molecular complexity index is 4070. The summed E-state index contributed by atoms with van der Waals surface area (Å²) in [5.74, 6) is 0.435. The predicted octanol–water partition coefficient (Wildman–Crippen LogP) is 9.62. The van der Waals surface area contributed by atoms with E-state index in [4.69, 9.17) is 4.98 Å². The number of fused-ring (bicyclic) bond motifs is 7. The second kappa shape index (κ2) is 11.7. The van der Waals surface area contributed by atoms with Crippen molar-refractivity contribution in [3.63, 3.8) is 0 Å². The number of imidazole rings is 1. The molecule has 3 unspecified atom stereocenters. The first-order valence-electron chi connectivity index (χ1n) is 22.2. The number of anilines is 1. The number of aromatic nitrogens is 2. The average Bonchev–Trinajstić information content (AvgIpc) is 3.67. The second-order valence-electron chi connectivity index (χ2n) is 18.3. The van der Waals surface area contributed by atoms with E-state index in [0.29, 0.717) is 17.7 Å². The fraction of sp³-hybridized carbons (Fsp3) is 0.140. The molecule has 5 aliphatic rings. The van der Waals surface area contributed by atoms with E-state index < -0.39 is 5.92 Å². The van der Waals surface area contributed by atoms with Crippen molar-refractivity contribution in [3.05, 3.63) is 170 Å². The topological polar surface area (TPSA) is 75.4 Å². The van der Waals surface area contributed by atoms with Crippen molar-refractivity contribution < 1.29 is 14.7 Å². The Morgan fingerprint density at radius 1 is 0.556 bits per heavy atom. The third-order valence-corrected chi connectivity index (χ3v) is 15.6. The molecule has 10 aromatic rings. The molecule has 63 heavy (non-hydrogen) atoms. The lowest BCUT2D eigenvalue weighted by Crippen LogP contribution is -2.46. The molecule has 2 heterocycles. The first kappa shape index (κ1) is 34.2. The SMILES string of the molecule is Cn1c(C2CC=c3c4ccc5c6c4c(c4ccc(CO)c2c34)=CCC6c2ccc3c4ccc6c7c4c(c4ccc-5c2c43)=CCC7C(=O)N(c2ccccc2)C6=O)nc2ccccc21. The lowest BCUT2D eigenvalue weighted by atomic mass is 9.69. The number of aliphatic hydroxyl groups excluding tert-OH is 1. The van der Waals surface area contributed by atoms with Crippen molar-refractivity contribution in [2.75, 3.05) is 4.90 Å². The number of aryl methyl sites for hydroxylation is 1. The number of hydrogen-bond acceptors (Lipinski definition) is 4.